The van der Waals surface area contributed by atoms with E-state index in [1.807, 2.05) is 0 Å². The highest BCUT2D eigenvalue weighted by Crippen LogP contribution is 2.20. The number of hydrogen-bond donors (Lipinski definition) is 1. The highest BCUT2D eigenvalue weighted by atomic mass is 16.5. The Kier molecular flexibility index (Phi) is 3.90. The highest BCUT2D eigenvalue weighted by Gasteiger charge is 2.23. The minimum atomic E-state index is 0.442. The molecule has 0 unspecified atom stereocenters. The maximum Gasteiger partial charge on any atom is 0.395 e. The summed E-state index contributed by atoms with van der Waals surface area (Å²) in [5, 5.41) is 3.17. The second-order valence-corrected chi connectivity index (χ2v) is 2.89. The van der Waals surface area contributed by atoms with Crippen LogP contribution >= 0.6 is 0 Å². The van der Waals surface area contributed by atoms with Crippen LogP contribution in [0.15, 0.2) is 0 Å². The van der Waals surface area contributed by atoms with Gasteiger partial charge in [0.1, 0.15) is 0 Å². The average molecular weight is 156 g/mol. The summed E-state index contributed by atoms with van der Waals surface area (Å²) in [4.78, 5) is 0. The molecule has 63 valence electrons. The van der Waals surface area contributed by atoms with E-state index >= 15 is 0 Å². The van der Waals surface area contributed by atoms with Crippen LogP contribution in [-0.4, -0.2) is 34.0 Å². The molecular weight excluding hydrogens is 141 g/mol. The van der Waals surface area contributed by atoms with Crippen LogP contribution in [0.25, 0.3) is 0 Å². The molecule has 0 aromatic carbocycles. The molecule has 1 fully saturated rings. The molecule has 0 spiro atoms. The van der Waals surface area contributed by atoms with Crippen molar-refractivity contribution >= 4 is 7.62 Å². The van der Waals surface area contributed by atoms with Crippen molar-refractivity contribution in [2.75, 3.05) is 14.2 Å². The van der Waals surface area contributed by atoms with Gasteiger partial charge in [-0.05, 0) is 19.3 Å². The number of methoxy groups -OCH3 is 1. The normalized spacial score (nSPS) is 30.7. The number of rotatable bonds is 4. The van der Waals surface area contributed by atoms with Gasteiger partial charge in [0, 0.05) is 20.3 Å². The molecule has 0 heterocycles. The fraction of sp³-hybridized carbons (Fsp3) is 1.00. The monoisotopic (exact) mass is 156 g/mol. The summed E-state index contributed by atoms with van der Waals surface area (Å²) in [5.41, 5.74) is 0. The van der Waals surface area contributed by atoms with Crippen molar-refractivity contribution in [3.05, 3.63) is 0 Å². The second-order valence-electron chi connectivity index (χ2n) is 2.89. The van der Waals surface area contributed by atoms with Gasteiger partial charge in [0.05, 0.1) is 6.10 Å². The van der Waals surface area contributed by atoms with E-state index in [2.05, 4.69) is 5.23 Å². The maximum absolute atomic E-state index is 5.23. The Hall–Kier alpha value is -0.0551. The summed E-state index contributed by atoms with van der Waals surface area (Å²) in [5.74, 6) is 0. The largest absolute Gasteiger partial charge is 0.427 e. The zero-order valence-electron chi connectivity index (χ0n) is 7.17. The first-order valence-corrected chi connectivity index (χ1v) is 4.00. The molecule has 11 heavy (non-hydrogen) atoms. The molecule has 1 aliphatic carbocycles. The molecule has 1 radical (unpaired) electrons. The summed E-state index contributed by atoms with van der Waals surface area (Å²) >= 11 is 0. The molecule has 1 aliphatic rings. The van der Waals surface area contributed by atoms with Gasteiger partial charge in [-0.3, -0.25) is 0 Å². The van der Waals surface area contributed by atoms with Gasteiger partial charge in [0.2, 0.25) is 0 Å². The zero-order valence-corrected chi connectivity index (χ0v) is 7.17. The molecule has 0 amide bonds. The third-order valence-electron chi connectivity index (χ3n) is 2.14. The highest BCUT2D eigenvalue weighted by molar-refractivity contribution is 6.23. The predicted octanol–water partition coefficient (Wildman–Crippen LogP) is 0.324. The van der Waals surface area contributed by atoms with Crippen molar-refractivity contribution in [2.24, 2.45) is 0 Å². The topological polar surface area (TPSA) is 30.5 Å². The Bertz CT molecular complexity index is 113. The van der Waals surface area contributed by atoms with Crippen molar-refractivity contribution in [1.82, 2.24) is 5.23 Å². The second kappa shape index (κ2) is 4.75. The van der Waals surface area contributed by atoms with Gasteiger partial charge in [-0.2, -0.15) is 0 Å². The first-order chi connectivity index (χ1) is 5.36. The summed E-state index contributed by atoms with van der Waals surface area (Å²) < 4.78 is 10.0. The van der Waals surface area contributed by atoms with Crippen molar-refractivity contribution < 1.29 is 9.39 Å². The Morgan fingerprint density at radius 1 is 1.36 bits per heavy atom. The van der Waals surface area contributed by atoms with Crippen LogP contribution in [0, 0.1) is 0 Å². The van der Waals surface area contributed by atoms with Crippen molar-refractivity contribution in [3.63, 3.8) is 0 Å². The fourth-order valence-corrected chi connectivity index (χ4v) is 1.47. The Morgan fingerprint density at radius 2 is 2.18 bits per heavy atom. The standard InChI is InChI=1S/C7H15BNO2/c1-10-7-4-3-6(5-7)9-8-11-2/h6-7,9H,3-5H2,1-2H3/t6-,7+/m1/s1. The first kappa shape index (κ1) is 9.04. The molecule has 0 bridgehead atoms. The molecule has 0 aromatic heterocycles. The SMILES string of the molecule is CO[B]N[C@@H]1CC[C@H](OC)C1. The quantitative estimate of drug-likeness (QED) is 0.594. The van der Waals surface area contributed by atoms with E-state index in [9.17, 15) is 0 Å². The predicted molar refractivity (Wildman–Crippen MR) is 44.3 cm³/mol. The van der Waals surface area contributed by atoms with Gasteiger partial charge < -0.3 is 14.6 Å². The number of hydrogen-bond acceptors (Lipinski definition) is 3. The Labute approximate surface area is 68.7 Å². The minimum Gasteiger partial charge on any atom is -0.427 e. The van der Waals surface area contributed by atoms with E-state index in [4.69, 9.17) is 9.39 Å². The van der Waals surface area contributed by atoms with Crippen molar-refractivity contribution in [2.45, 2.75) is 31.4 Å². The lowest BCUT2D eigenvalue weighted by molar-refractivity contribution is 0.107. The van der Waals surface area contributed by atoms with E-state index in [1.165, 1.54) is 6.42 Å². The van der Waals surface area contributed by atoms with E-state index in [-0.39, 0.29) is 0 Å². The molecule has 0 saturated heterocycles. The first-order valence-electron chi connectivity index (χ1n) is 4.00. The third-order valence-corrected chi connectivity index (χ3v) is 2.14. The van der Waals surface area contributed by atoms with Gasteiger partial charge in [0.15, 0.2) is 0 Å². The minimum absolute atomic E-state index is 0.442. The summed E-state index contributed by atoms with van der Waals surface area (Å²) in [7, 11) is 5.06. The molecular formula is C7H15BNO2. The number of ether oxygens (including phenoxy) is 1. The average Bonchev–Trinajstić information content (AvgIpc) is 2.48. The Morgan fingerprint density at radius 3 is 2.73 bits per heavy atom. The summed E-state index contributed by atoms with van der Waals surface area (Å²) in [6.45, 7) is 0. The molecule has 0 aliphatic heterocycles. The van der Waals surface area contributed by atoms with Crippen LogP contribution in [0.3, 0.4) is 0 Å². The lowest BCUT2D eigenvalue weighted by Gasteiger charge is -2.10. The van der Waals surface area contributed by atoms with Crippen LogP contribution in [-0.2, 0) is 9.39 Å². The fourth-order valence-electron chi connectivity index (χ4n) is 1.47. The van der Waals surface area contributed by atoms with E-state index in [0.717, 1.165) is 12.8 Å². The molecule has 1 rings (SSSR count). The number of nitrogens with one attached hydrogen (secondary N) is 1. The molecule has 1 N–H and O–H groups in total. The van der Waals surface area contributed by atoms with Gasteiger partial charge in [-0.15, -0.1) is 0 Å². The van der Waals surface area contributed by atoms with Gasteiger partial charge in [-0.25, -0.2) is 0 Å². The maximum atomic E-state index is 5.23. The van der Waals surface area contributed by atoms with Crippen molar-refractivity contribution in [3.8, 4) is 0 Å². The van der Waals surface area contributed by atoms with Gasteiger partial charge in [0.25, 0.3) is 0 Å². The van der Waals surface area contributed by atoms with E-state index < -0.39 is 0 Å². The summed E-state index contributed by atoms with van der Waals surface area (Å²) in [6.07, 6.45) is 3.87. The lowest BCUT2D eigenvalue weighted by Crippen LogP contribution is -2.31. The molecule has 1 saturated carbocycles. The van der Waals surface area contributed by atoms with Crippen LogP contribution in [0.2, 0.25) is 0 Å². The van der Waals surface area contributed by atoms with Crippen LogP contribution in [0.4, 0.5) is 0 Å². The van der Waals surface area contributed by atoms with Crippen LogP contribution in [0.5, 0.6) is 0 Å². The van der Waals surface area contributed by atoms with Crippen LogP contribution < -0.4 is 5.23 Å². The molecule has 4 heteroatoms. The molecule has 3 nitrogen and oxygen atoms in total. The van der Waals surface area contributed by atoms with E-state index in [0.29, 0.717) is 12.1 Å². The van der Waals surface area contributed by atoms with Crippen LogP contribution in [0.1, 0.15) is 19.3 Å². The van der Waals surface area contributed by atoms with Gasteiger partial charge >= 0.3 is 7.62 Å². The van der Waals surface area contributed by atoms with E-state index in [1.54, 1.807) is 21.8 Å². The van der Waals surface area contributed by atoms with Crippen molar-refractivity contribution in [1.29, 1.82) is 0 Å². The van der Waals surface area contributed by atoms with Gasteiger partial charge in [-0.1, -0.05) is 0 Å². The third kappa shape index (κ3) is 2.81. The zero-order chi connectivity index (χ0) is 8.10. The molecule has 0 aromatic rings. The Balaban J connectivity index is 2.09. The smallest absolute Gasteiger partial charge is 0.395 e. The lowest BCUT2D eigenvalue weighted by atomic mass is 10.1. The molecule has 2 atom stereocenters. The summed E-state index contributed by atoms with van der Waals surface area (Å²) in [6, 6.07) is 0.542.